The number of tetrazole rings is 1. The van der Waals surface area contributed by atoms with Gasteiger partial charge in [-0.05, 0) is 29.8 Å². The fraction of sp³-hybridized carbons (Fsp3) is 0.273. The van der Waals surface area contributed by atoms with Crippen molar-refractivity contribution < 1.29 is 0 Å². The van der Waals surface area contributed by atoms with Crippen LogP contribution in [-0.2, 0) is 13.5 Å². The summed E-state index contributed by atoms with van der Waals surface area (Å²) in [6, 6.07) is 6.07. The van der Waals surface area contributed by atoms with Gasteiger partial charge in [-0.15, -0.1) is 21.5 Å². The molecular weight excluding hydrogens is 234 g/mol. The van der Waals surface area contributed by atoms with Crippen molar-refractivity contribution in [3.63, 3.8) is 0 Å². The Bertz CT molecular complexity index is 669. The third kappa shape index (κ3) is 1.80. The van der Waals surface area contributed by atoms with Crippen molar-refractivity contribution in [3.8, 4) is 11.4 Å². The summed E-state index contributed by atoms with van der Waals surface area (Å²) in [5.41, 5.74) is 2.02. The third-order valence-electron chi connectivity index (χ3n) is 2.50. The van der Waals surface area contributed by atoms with Crippen LogP contribution in [0.5, 0.6) is 0 Å². The SMILES string of the molecule is CCc1nc2ccc(-c3nnn(C)n3)cc2s1. The molecule has 17 heavy (non-hydrogen) atoms. The van der Waals surface area contributed by atoms with Crippen LogP contribution in [0.2, 0.25) is 0 Å². The van der Waals surface area contributed by atoms with E-state index < -0.39 is 0 Å². The summed E-state index contributed by atoms with van der Waals surface area (Å²) in [6.07, 6.45) is 0.970. The molecule has 0 aliphatic rings. The van der Waals surface area contributed by atoms with Gasteiger partial charge < -0.3 is 0 Å². The van der Waals surface area contributed by atoms with E-state index in [1.165, 1.54) is 9.50 Å². The van der Waals surface area contributed by atoms with E-state index in [9.17, 15) is 0 Å². The molecule has 0 fully saturated rings. The number of benzene rings is 1. The minimum Gasteiger partial charge on any atom is -0.241 e. The van der Waals surface area contributed by atoms with E-state index in [0.717, 1.165) is 22.5 Å². The predicted molar refractivity (Wildman–Crippen MR) is 66.8 cm³/mol. The van der Waals surface area contributed by atoms with Crippen molar-refractivity contribution in [3.05, 3.63) is 23.2 Å². The molecule has 86 valence electrons. The average molecular weight is 245 g/mol. The van der Waals surface area contributed by atoms with E-state index >= 15 is 0 Å². The van der Waals surface area contributed by atoms with Gasteiger partial charge in [0.15, 0.2) is 0 Å². The Hall–Kier alpha value is -1.82. The van der Waals surface area contributed by atoms with Crippen LogP contribution < -0.4 is 0 Å². The summed E-state index contributed by atoms with van der Waals surface area (Å²) in [4.78, 5) is 5.99. The van der Waals surface area contributed by atoms with Gasteiger partial charge in [0.05, 0.1) is 22.3 Å². The number of aryl methyl sites for hydroxylation is 2. The number of aromatic nitrogens is 5. The van der Waals surface area contributed by atoms with Gasteiger partial charge in [0.1, 0.15) is 0 Å². The van der Waals surface area contributed by atoms with Crippen LogP contribution in [0.1, 0.15) is 11.9 Å². The molecule has 1 aromatic carbocycles. The maximum Gasteiger partial charge on any atom is 0.204 e. The van der Waals surface area contributed by atoms with Crippen LogP contribution in [0.15, 0.2) is 18.2 Å². The van der Waals surface area contributed by atoms with Crippen LogP contribution >= 0.6 is 11.3 Å². The molecule has 0 atom stereocenters. The highest BCUT2D eigenvalue weighted by molar-refractivity contribution is 7.18. The lowest BCUT2D eigenvalue weighted by Gasteiger charge is -1.93. The summed E-state index contributed by atoms with van der Waals surface area (Å²) in [5.74, 6) is 0.654. The van der Waals surface area contributed by atoms with Gasteiger partial charge in [-0.25, -0.2) is 4.98 Å². The largest absolute Gasteiger partial charge is 0.241 e. The maximum atomic E-state index is 4.53. The summed E-state index contributed by atoms with van der Waals surface area (Å²) >= 11 is 1.72. The van der Waals surface area contributed by atoms with E-state index in [2.05, 4.69) is 33.4 Å². The lowest BCUT2D eigenvalue weighted by Crippen LogP contribution is -1.91. The van der Waals surface area contributed by atoms with Crippen molar-refractivity contribution in [2.45, 2.75) is 13.3 Å². The van der Waals surface area contributed by atoms with Gasteiger partial charge in [-0.1, -0.05) is 6.92 Å². The number of nitrogens with zero attached hydrogens (tertiary/aromatic N) is 5. The first-order valence-corrected chi connectivity index (χ1v) is 6.22. The molecule has 0 radical (unpaired) electrons. The number of thiazole rings is 1. The quantitative estimate of drug-likeness (QED) is 0.693. The molecule has 0 spiro atoms. The molecular formula is C11H11N5S. The van der Waals surface area contributed by atoms with E-state index in [0.29, 0.717) is 5.82 Å². The maximum absolute atomic E-state index is 4.53. The Morgan fingerprint density at radius 3 is 2.94 bits per heavy atom. The topological polar surface area (TPSA) is 56.5 Å². The fourth-order valence-electron chi connectivity index (χ4n) is 1.66. The van der Waals surface area contributed by atoms with Gasteiger partial charge in [0.2, 0.25) is 5.82 Å². The Balaban J connectivity index is 2.12. The zero-order valence-electron chi connectivity index (χ0n) is 9.58. The van der Waals surface area contributed by atoms with Crippen molar-refractivity contribution in [1.82, 2.24) is 25.2 Å². The number of hydrogen-bond acceptors (Lipinski definition) is 5. The second kappa shape index (κ2) is 3.89. The standard InChI is InChI=1S/C11H11N5S/c1-3-10-12-8-5-4-7(6-9(8)17-10)11-13-15-16(2)14-11/h4-6H,3H2,1-2H3. The first-order valence-electron chi connectivity index (χ1n) is 5.40. The smallest absolute Gasteiger partial charge is 0.204 e. The zero-order chi connectivity index (χ0) is 11.8. The normalized spacial score (nSPS) is 11.2. The Labute approximate surface area is 102 Å². The molecule has 0 unspecified atom stereocenters. The Morgan fingerprint density at radius 2 is 2.24 bits per heavy atom. The van der Waals surface area contributed by atoms with Gasteiger partial charge >= 0.3 is 0 Å². The van der Waals surface area contributed by atoms with E-state index in [4.69, 9.17) is 0 Å². The van der Waals surface area contributed by atoms with Gasteiger partial charge in [0, 0.05) is 5.56 Å². The first kappa shape index (κ1) is 10.3. The number of fused-ring (bicyclic) bond motifs is 1. The Morgan fingerprint density at radius 1 is 1.35 bits per heavy atom. The third-order valence-corrected chi connectivity index (χ3v) is 3.66. The molecule has 0 aliphatic carbocycles. The summed E-state index contributed by atoms with van der Waals surface area (Å²) in [5, 5.41) is 13.2. The molecule has 0 saturated carbocycles. The zero-order valence-corrected chi connectivity index (χ0v) is 10.4. The van der Waals surface area contributed by atoms with Gasteiger partial charge in [-0.2, -0.15) is 4.80 Å². The monoisotopic (exact) mass is 245 g/mol. The molecule has 3 rings (SSSR count). The van der Waals surface area contributed by atoms with E-state index in [-0.39, 0.29) is 0 Å². The second-order valence-electron chi connectivity index (χ2n) is 3.75. The molecule has 0 N–H and O–H groups in total. The molecule has 3 aromatic rings. The van der Waals surface area contributed by atoms with Crippen LogP contribution in [-0.4, -0.2) is 25.2 Å². The van der Waals surface area contributed by atoms with Gasteiger partial charge in [-0.3, -0.25) is 0 Å². The molecule has 5 nitrogen and oxygen atoms in total. The molecule has 0 saturated heterocycles. The number of rotatable bonds is 2. The predicted octanol–water partition coefficient (Wildman–Crippen LogP) is 2.05. The molecule has 2 aromatic heterocycles. The van der Waals surface area contributed by atoms with E-state index in [1.807, 2.05) is 12.1 Å². The molecule has 0 amide bonds. The summed E-state index contributed by atoms with van der Waals surface area (Å²) < 4.78 is 1.17. The first-order chi connectivity index (χ1) is 8.26. The minimum atomic E-state index is 0.654. The van der Waals surface area contributed by atoms with Crippen molar-refractivity contribution >= 4 is 21.6 Å². The van der Waals surface area contributed by atoms with Gasteiger partial charge in [0.25, 0.3) is 0 Å². The fourth-order valence-corrected chi connectivity index (χ4v) is 2.61. The number of hydrogen-bond donors (Lipinski definition) is 0. The van der Waals surface area contributed by atoms with Crippen LogP contribution in [0.4, 0.5) is 0 Å². The highest BCUT2D eigenvalue weighted by Gasteiger charge is 2.08. The lowest BCUT2D eigenvalue weighted by molar-refractivity contribution is 0.630. The molecule has 0 bridgehead atoms. The van der Waals surface area contributed by atoms with E-state index in [1.54, 1.807) is 18.4 Å². The minimum absolute atomic E-state index is 0.654. The van der Waals surface area contributed by atoms with Crippen LogP contribution in [0, 0.1) is 0 Å². The van der Waals surface area contributed by atoms with Crippen molar-refractivity contribution in [2.24, 2.45) is 7.05 Å². The molecule has 2 heterocycles. The second-order valence-corrected chi connectivity index (χ2v) is 4.86. The molecule has 6 heteroatoms. The molecule has 0 aliphatic heterocycles. The van der Waals surface area contributed by atoms with Crippen molar-refractivity contribution in [2.75, 3.05) is 0 Å². The lowest BCUT2D eigenvalue weighted by atomic mass is 10.2. The summed E-state index contributed by atoms with van der Waals surface area (Å²) in [7, 11) is 1.76. The van der Waals surface area contributed by atoms with Crippen LogP contribution in [0.25, 0.3) is 21.6 Å². The highest BCUT2D eigenvalue weighted by atomic mass is 32.1. The Kier molecular flexibility index (Phi) is 2.36. The van der Waals surface area contributed by atoms with Crippen LogP contribution in [0.3, 0.4) is 0 Å². The summed E-state index contributed by atoms with van der Waals surface area (Å²) in [6.45, 7) is 2.11. The van der Waals surface area contributed by atoms with Crippen molar-refractivity contribution in [1.29, 1.82) is 0 Å². The average Bonchev–Trinajstić information content (AvgIpc) is 2.93. The highest BCUT2D eigenvalue weighted by Crippen LogP contribution is 2.26.